The molecular weight excluding hydrogens is 206 g/mol. The van der Waals surface area contributed by atoms with Crippen molar-refractivity contribution in [1.82, 2.24) is 4.90 Å². The standard InChI is InChI=1S/C12H23NO3/c1-3-10(4-2)8-13-5-6-16-9-11(13)7-12(14)15/h10-11H,3-9H2,1-2H3,(H,14,15). The number of carbonyl (C=O) groups is 1. The molecule has 94 valence electrons. The first-order valence-electron chi connectivity index (χ1n) is 6.20. The fourth-order valence-corrected chi connectivity index (χ4v) is 2.20. The van der Waals surface area contributed by atoms with Crippen LogP contribution in [-0.2, 0) is 9.53 Å². The normalized spacial score (nSPS) is 22.6. The molecule has 1 aliphatic rings. The third-order valence-electron chi connectivity index (χ3n) is 3.41. The molecule has 1 fully saturated rings. The van der Waals surface area contributed by atoms with Crippen molar-refractivity contribution in [3.8, 4) is 0 Å². The first kappa shape index (κ1) is 13.5. The summed E-state index contributed by atoms with van der Waals surface area (Å²) in [4.78, 5) is 13.0. The predicted molar refractivity (Wildman–Crippen MR) is 62.5 cm³/mol. The average Bonchev–Trinajstić information content (AvgIpc) is 2.27. The van der Waals surface area contributed by atoms with Gasteiger partial charge in [0.05, 0.1) is 19.6 Å². The summed E-state index contributed by atoms with van der Waals surface area (Å²) in [5.41, 5.74) is 0. The molecule has 0 amide bonds. The van der Waals surface area contributed by atoms with Gasteiger partial charge in [-0.15, -0.1) is 0 Å². The van der Waals surface area contributed by atoms with E-state index >= 15 is 0 Å². The minimum Gasteiger partial charge on any atom is -0.481 e. The molecule has 0 aliphatic carbocycles. The van der Waals surface area contributed by atoms with Gasteiger partial charge in [-0.25, -0.2) is 0 Å². The van der Waals surface area contributed by atoms with Gasteiger partial charge in [0.1, 0.15) is 0 Å². The van der Waals surface area contributed by atoms with Gasteiger partial charge >= 0.3 is 5.97 Å². The van der Waals surface area contributed by atoms with E-state index in [0.717, 1.165) is 32.5 Å². The summed E-state index contributed by atoms with van der Waals surface area (Å²) in [6, 6.07) is 0.0619. The summed E-state index contributed by atoms with van der Waals surface area (Å²) in [5, 5.41) is 8.85. The molecule has 1 saturated heterocycles. The molecule has 1 atom stereocenters. The zero-order chi connectivity index (χ0) is 12.0. The Labute approximate surface area is 97.6 Å². The smallest absolute Gasteiger partial charge is 0.305 e. The molecule has 1 unspecified atom stereocenters. The maximum absolute atomic E-state index is 10.8. The Morgan fingerprint density at radius 1 is 1.50 bits per heavy atom. The highest BCUT2D eigenvalue weighted by Crippen LogP contribution is 2.16. The molecule has 0 bridgehead atoms. The van der Waals surface area contributed by atoms with Crippen LogP contribution in [0.1, 0.15) is 33.1 Å². The summed E-state index contributed by atoms with van der Waals surface area (Å²) >= 11 is 0. The zero-order valence-corrected chi connectivity index (χ0v) is 10.3. The van der Waals surface area contributed by atoms with Crippen molar-refractivity contribution in [2.45, 2.75) is 39.2 Å². The minimum atomic E-state index is -0.731. The van der Waals surface area contributed by atoms with Crippen molar-refractivity contribution in [1.29, 1.82) is 0 Å². The number of rotatable bonds is 6. The number of morpholine rings is 1. The van der Waals surface area contributed by atoms with Crippen molar-refractivity contribution in [2.75, 3.05) is 26.3 Å². The molecular formula is C12H23NO3. The Bertz CT molecular complexity index is 216. The quantitative estimate of drug-likeness (QED) is 0.751. The van der Waals surface area contributed by atoms with Crippen molar-refractivity contribution in [3.05, 3.63) is 0 Å². The number of ether oxygens (including phenoxy) is 1. The SMILES string of the molecule is CCC(CC)CN1CCOCC1CC(=O)O. The highest BCUT2D eigenvalue weighted by molar-refractivity contribution is 5.67. The molecule has 16 heavy (non-hydrogen) atoms. The Morgan fingerprint density at radius 2 is 2.19 bits per heavy atom. The lowest BCUT2D eigenvalue weighted by atomic mass is 10.0. The second kappa shape index (κ2) is 6.86. The monoisotopic (exact) mass is 229 g/mol. The highest BCUT2D eigenvalue weighted by Gasteiger charge is 2.26. The van der Waals surface area contributed by atoms with Crippen LogP contribution in [0.4, 0.5) is 0 Å². The van der Waals surface area contributed by atoms with Gasteiger partial charge in [0.2, 0.25) is 0 Å². The lowest BCUT2D eigenvalue weighted by molar-refractivity contribution is -0.140. The van der Waals surface area contributed by atoms with Gasteiger partial charge in [-0.05, 0) is 5.92 Å². The van der Waals surface area contributed by atoms with Gasteiger partial charge in [0.15, 0.2) is 0 Å². The molecule has 0 radical (unpaired) electrons. The number of hydrogen-bond donors (Lipinski definition) is 1. The van der Waals surface area contributed by atoms with Crippen LogP contribution in [-0.4, -0.2) is 48.3 Å². The molecule has 1 heterocycles. The summed E-state index contributed by atoms with van der Waals surface area (Å²) < 4.78 is 5.36. The van der Waals surface area contributed by atoms with E-state index in [4.69, 9.17) is 9.84 Å². The summed E-state index contributed by atoms with van der Waals surface area (Å²) in [5.74, 6) is -0.0561. The van der Waals surface area contributed by atoms with Crippen LogP contribution in [0.15, 0.2) is 0 Å². The third kappa shape index (κ3) is 4.10. The van der Waals surface area contributed by atoms with Crippen molar-refractivity contribution < 1.29 is 14.6 Å². The number of nitrogens with zero attached hydrogens (tertiary/aromatic N) is 1. The van der Waals surface area contributed by atoms with Gasteiger partial charge in [0, 0.05) is 19.1 Å². The van der Waals surface area contributed by atoms with Crippen LogP contribution in [0.25, 0.3) is 0 Å². The Morgan fingerprint density at radius 3 is 2.75 bits per heavy atom. The number of carboxylic acid groups (broad SMARTS) is 1. The molecule has 4 heteroatoms. The van der Waals surface area contributed by atoms with Crippen molar-refractivity contribution >= 4 is 5.97 Å². The third-order valence-corrected chi connectivity index (χ3v) is 3.41. The van der Waals surface area contributed by atoms with Gasteiger partial charge in [-0.2, -0.15) is 0 Å². The molecule has 0 aromatic carbocycles. The van der Waals surface area contributed by atoms with Crippen LogP contribution >= 0.6 is 0 Å². The van der Waals surface area contributed by atoms with Gasteiger partial charge in [-0.1, -0.05) is 26.7 Å². The fraction of sp³-hybridized carbons (Fsp3) is 0.917. The molecule has 4 nitrogen and oxygen atoms in total. The van der Waals surface area contributed by atoms with Crippen LogP contribution in [0.3, 0.4) is 0 Å². The van der Waals surface area contributed by atoms with E-state index in [2.05, 4.69) is 18.7 Å². The van der Waals surface area contributed by atoms with Crippen LogP contribution in [0, 0.1) is 5.92 Å². The zero-order valence-electron chi connectivity index (χ0n) is 10.3. The molecule has 0 aromatic heterocycles. The second-order valence-corrected chi connectivity index (χ2v) is 4.50. The topological polar surface area (TPSA) is 49.8 Å². The molecule has 0 aromatic rings. The summed E-state index contributed by atoms with van der Waals surface area (Å²) in [7, 11) is 0. The van der Waals surface area contributed by atoms with E-state index in [1.54, 1.807) is 0 Å². The number of aliphatic carboxylic acids is 1. The van der Waals surface area contributed by atoms with Crippen molar-refractivity contribution in [2.24, 2.45) is 5.92 Å². The maximum atomic E-state index is 10.8. The summed E-state index contributed by atoms with van der Waals surface area (Å²) in [6.07, 6.45) is 2.52. The van der Waals surface area contributed by atoms with E-state index in [1.165, 1.54) is 0 Å². The van der Waals surface area contributed by atoms with E-state index in [0.29, 0.717) is 12.5 Å². The molecule has 1 aliphatic heterocycles. The molecule has 1 rings (SSSR count). The molecule has 0 spiro atoms. The van der Waals surface area contributed by atoms with Crippen LogP contribution in [0.5, 0.6) is 0 Å². The van der Waals surface area contributed by atoms with Crippen LogP contribution < -0.4 is 0 Å². The average molecular weight is 229 g/mol. The number of carboxylic acids is 1. The molecule has 0 saturated carbocycles. The van der Waals surface area contributed by atoms with Crippen LogP contribution in [0.2, 0.25) is 0 Å². The fourth-order valence-electron chi connectivity index (χ4n) is 2.20. The lowest BCUT2D eigenvalue weighted by Gasteiger charge is -2.36. The Hall–Kier alpha value is -0.610. The van der Waals surface area contributed by atoms with E-state index < -0.39 is 5.97 Å². The highest BCUT2D eigenvalue weighted by atomic mass is 16.5. The lowest BCUT2D eigenvalue weighted by Crippen LogP contribution is -2.48. The first-order chi connectivity index (χ1) is 7.67. The molecule has 1 N–H and O–H groups in total. The van der Waals surface area contributed by atoms with E-state index in [1.807, 2.05) is 0 Å². The Balaban J connectivity index is 2.48. The maximum Gasteiger partial charge on any atom is 0.305 e. The first-order valence-corrected chi connectivity index (χ1v) is 6.20. The predicted octanol–water partition coefficient (Wildman–Crippen LogP) is 1.60. The van der Waals surface area contributed by atoms with E-state index in [-0.39, 0.29) is 12.5 Å². The number of hydrogen-bond acceptors (Lipinski definition) is 3. The van der Waals surface area contributed by atoms with Gasteiger partial charge in [0.25, 0.3) is 0 Å². The van der Waals surface area contributed by atoms with Gasteiger partial charge in [-0.3, -0.25) is 9.69 Å². The largest absolute Gasteiger partial charge is 0.481 e. The minimum absolute atomic E-state index is 0.0619. The summed E-state index contributed by atoms with van der Waals surface area (Å²) in [6.45, 7) is 7.56. The van der Waals surface area contributed by atoms with E-state index in [9.17, 15) is 4.79 Å². The van der Waals surface area contributed by atoms with Crippen molar-refractivity contribution in [3.63, 3.8) is 0 Å². The van der Waals surface area contributed by atoms with Gasteiger partial charge < -0.3 is 9.84 Å². The second-order valence-electron chi connectivity index (χ2n) is 4.50. The Kier molecular flexibility index (Phi) is 5.77.